The second-order valence-corrected chi connectivity index (χ2v) is 4.17. The van der Waals surface area contributed by atoms with Gasteiger partial charge in [-0.25, -0.2) is 4.79 Å². The van der Waals surface area contributed by atoms with Gasteiger partial charge in [0.2, 0.25) is 34.5 Å². The van der Waals surface area contributed by atoms with Gasteiger partial charge in [0.05, 0.1) is 5.56 Å². The van der Waals surface area contributed by atoms with E-state index in [-0.39, 0.29) is 11.0 Å². The zero-order valence-electron chi connectivity index (χ0n) is 11.2. The van der Waals surface area contributed by atoms with Crippen molar-refractivity contribution in [1.29, 1.82) is 0 Å². The molecule has 10 heteroatoms. The number of benzene rings is 2. The largest absolute Gasteiger partial charge is 0.504 e. The summed E-state index contributed by atoms with van der Waals surface area (Å²) >= 11 is 0. The zero-order valence-corrected chi connectivity index (χ0v) is 11.2. The van der Waals surface area contributed by atoms with Crippen LogP contribution in [0.1, 0.15) is 10.4 Å². The average molecular weight is 328 g/mol. The van der Waals surface area contributed by atoms with E-state index in [2.05, 4.69) is 4.74 Å². The number of phenols is 7. The first-order valence-corrected chi connectivity index (χ1v) is 5.67. The molecule has 0 aliphatic heterocycles. The van der Waals surface area contributed by atoms with Gasteiger partial charge < -0.3 is 46.0 Å². The molecule has 2 aromatic carbocycles. The molecule has 0 bridgehead atoms. The number of carbonyl (C=O) groups excluding carboxylic acids is 1. The van der Waals surface area contributed by atoms with Crippen LogP contribution in [-0.4, -0.2) is 47.2 Å². The Bertz CT molecular complexity index is 739. The number of hydrogen-bond donors (Lipinski definition) is 7. The van der Waals surface area contributed by atoms with Crippen molar-refractivity contribution in [2.45, 2.75) is 0 Å². The van der Waals surface area contributed by atoms with Crippen LogP contribution in [0.25, 0.3) is 0 Å². The van der Waals surface area contributed by atoms with E-state index in [4.69, 9.17) is 5.11 Å². The number of esters is 1. The van der Waals surface area contributed by atoms with Gasteiger partial charge in [0.25, 0.3) is 0 Å². The van der Waals surface area contributed by atoms with Crippen LogP contribution in [-0.2, 0) is 0 Å². The molecule has 0 saturated heterocycles. The minimum absolute atomic E-state index is 0. The summed E-state index contributed by atoms with van der Waals surface area (Å²) in [5, 5.41) is 65.3. The van der Waals surface area contributed by atoms with E-state index in [1.54, 1.807) is 0 Å². The smallest absolute Gasteiger partial charge is 0.343 e. The normalized spacial score (nSPS) is 9.91. The summed E-state index contributed by atoms with van der Waals surface area (Å²) in [7, 11) is 0. The monoisotopic (exact) mass is 328 g/mol. The third-order valence-corrected chi connectivity index (χ3v) is 2.73. The van der Waals surface area contributed by atoms with Gasteiger partial charge in [0.1, 0.15) is 0 Å². The van der Waals surface area contributed by atoms with Crippen LogP contribution in [0.3, 0.4) is 0 Å². The molecule has 9 N–H and O–H groups in total. The Hall–Kier alpha value is -3.53. The predicted octanol–water partition coefficient (Wildman–Crippen LogP) is 0.0203. The molecule has 0 aliphatic carbocycles. The third-order valence-electron chi connectivity index (χ3n) is 2.73. The van der Waals surface area contributed by atoms with E-state index in [0.29, 0.717) is 0 Å². The molecular formula is C13H12O10. The van der Waals surface area contributed by atoms with E-state index in [1.165, 1.54) is 0 Å². The maximum absolute atomic E-state index is 11.8. The van der Waals surface area contributed by atoms with Crippen molar-refractivity contribution < 1.29 is 50.8 Å². The Morgan fingerprint density at radius 3 is 1.70 bits per heavy atom. The molecular weight excluding hydrogens is 316 g/mol. The lowest BCUT2D eigenvalue weighted by Gasteiger charge is -2.12. The Morgan fingerprint density at radius 2 is 1.22 bits per heavy atom. The number of rotatable bonds is 2. The Morgan fingerprint density at radius 1 is 0.739 bits per heavy atom. The molecule has 10 nitrogen and oxygen atoms in total. The molecule has 0 spiro atoms. The van der Waals surface area contributed by atoms with Crippen LogP contribution < -0.4 is 4.74 Å². The van der Waals surface area contributed by atoms with Gasteiger partial charge in [-0.05, 0) is 18.2 Å². The van der Waals surface area contributed by atoms with Crippen molar-refractivity contribution in [3.8, 4) is 46.0 Å². The van der Waals surface area contributed by atoms with Crippen molar-refractivity contribution in [2.75, 3.05) is 0 Å². The molecule has 124 valence electrons. The van der Waals surface area contributed by atoms with Crippen molar-refractivity contribution in [1.82, 2.24) is 0 Å². The Balaban J connectivity index is 0.00000264. The minimum atomic E-state index is -1.20. The van der Waals surface area contributed by atoms with Gasteiger partial charge in [0.15, 0.2) is 11.5 Å². The highest BCUT2D eigenvalue weighted by Crippen LogP contribution is 2.55. The molecule has 0 unspecified atom stereocenters. The van der Waals surface area contributed by atoms with Crippen molar-refractivity contribution in [3.05, 3.63) is 23.8 Å². The number of aromatic hydroxyl groups is 7. The summed E-state index contributed by atoms with van der Waals surface area (Å²) in [4.78, 5) is 11.8. The van der Waals surface area contributed by atoms with Crippen LogP contribution in [0, 0.1) is 0 Å². The van der Waals surface area contributed by atoms with E-state index in [9.17, 15) is 35.4 Å². The first-order chi connectivity index (χ1) is 10.2. The molecule has 0 aromatic heterocycles. The summed E-state index contributed by atoms with van der Waals surface area (Å²) in [5.74, 6) is -9.24. The SMILES string of the molecule is O.O=C(Oc1c(O)c(O)c(O)c(O)c1O)c1ccc(O)c(O)c1. The number of ether oxygens (including phenoxy) is 1. The molecule has 23 heavy (non-hydrogen) atoms. The molecule has 0 radical (unpaired) electrons. The Labute approximate surface area is 127 Å². The average Bonchev–Trinajstić information content (AvgIpc) is 2.50. The second-order valence-electron chi connectivity index (χ2n) is 4.17. The third kappa shape index (κ3) is 2.91. The minimum Gasteiger partial charge on any atom is -0.504 e. The topological polar surface area (TPSA) is 199 Å². The fourth-order valence-corrected chi connectivity index (χ4v) is 1.56. The van der Waals surface area contributed by atoms with Crippen LogP contribution in [0.4, 0.5) is 0 Å². The number of hydrogen-bond acceptors (Lipinski definition) is 9. The number of carbonyl (C=O) groups is 1. The standard InChI is InChI=1S/C13H10O9.H2O/c14-5-2-1-4(3-6(5)15)13(21)22-12-10(19)8(17)7(16)9(18)11(12)20;/h1-3,14-20H;1H2. The lowest BCUT2D eigenvalue weighted by Crippen LogP contribution is -2.08. The molecule has 0 saturated carbocycles. The molecule has 2 aromatic rings. The van der Waals surface area contributed by atoms with Gasteiger partial charge in [-0.15, -0.1) is 0 Å². The fraction of sp³-hybridized carbons (Fsp3) is 0. The second kappa shape index (κ2) is 6.07. The van der Waals surface area contributed by atoms with Crippen LogP contribution in [0.15, 0.2) is 18.2 Å². The summed E-state index contributed by atoms with van der Waals surface area (Å²) in [6, 6.07) is 2.93. The first kappa shape index (κ1) is 17.5. The Kier molecular flexibility index (Phi) is 4.63. The van der Waals surface area contributed by atoms with Gasteiger partial charge in [-0.1, -0.05) is 0 Å². The number of phenolic OH excluding ortho intramolecular Hbond substituents is 7. The summed E-state index contributed by atoms with van der Waals surface area (Å²) < 4.78 is 4.61. The van der Waals surface area contributed by atoms with Crippen molar-refractivity contribution >= 4 is 5.97 Å². The van der Waals surface area contributed by atoms with Crippen molar-refractivity contribution in [3.63, 3.8) is 0 Å². The van der Waals surface area contributed by atoms with Crippen LogP contribution in [0.2, 0.25) is 0 Å². The highest BCUT2D eigenvalue weighted by Gasteiger charge is 2.26. The summed E-state index contributed by atoms with van der Waals surface area (Å²) in [6.45, 7) is 0. The lowest BCUT2D eigenvalue weighted by atomic mass is 10.2. The van der Waals surface area contributed by atoms with Gasteiger partial charge in [0, 0.05) is 0 Å². The van der Waals surface area contributed by atoms with Crippen LogP contribution in [0.5, 0.6) is 46.0 Å². The molecule has 0 aliphatic rings. The molecule has 0 amide bonds. The maximum atomic E-state index is 11.8. The molecule has 0 atom stereocenters. The summed E-state index contributed by atoms with van der Waals surface area (Å²) in [5.41, 5.74) is -0.263. The van der Waals surface area contributed by atoms with Gasteiger partial charge >= 0.3 is 5.97 Å². The highest BCUT2D eigenvalue weighted by molar-refractivity contribution is 5.93. The quantitative estimate of drug-likeness (QED) is 0.172. The van der Waals surface area contributed by atoms with Crippen molar-refractivity contribution in [2.24, 2.45) is 0 Å². The van der Waals surface area contributed by atoms with E-state index >= 15 is 0 Å². The van der Waals surface area contributed by atoms with E-state index in [0.717, 1.165) is 18.2 Å². The summed E-state index contributed by atoms with van der Waals surface area (Å²) in [6.07, 6.45) is 0. The van der Waals surface area contributed by atoms with Crippen LogP contribution >= 0.6 is 0 Å². The molecule has 0 heterocycles. The zero-order chi connectivity index (χ0) is 16.6. The highest BCUT2D eigenvalue weighted by atomic mass is 16.5. The van der Waals surface area contributed by atoms with Gasteiger partial charge in [-0.2, -0.15) is 0 Å². The van der Waals surface area contributed by atoms with Gasteiger partial charge in [-0.3, -0.25) is 0 Å². The maximum Gasteiger partial charge on any atom is 0.343 e. The first-order valence-electron chi connectivity index (χ1n) is 5.67. The predicted molar refractivity (Wildman–Crippen MR) is 73.1 cm³/mol. The molecule has 2 rings (SSSR count). The lowest BCUT2D eigenvalue weighted by molar-refractivity contribution is 0.0722. The van der Waals surface area contributed by atoms with E-state index in [1.807, 2.05) is 0 Å². The van der Waals surface area contributed by atoms with E-state index < -0.39 is 52.0 Å². The fourth-order valence-electron chi connectivity index (χ4n) is 1.56. The molecule has 0 fully saturated rings.